The fourth-order valence-corrected chi connectivity index (χ4v) is 2.53. The number of hydrogen-bond acceptors (Lipinski definition) is 5. The van der Waals surface area contributed by atoms with Crippen LogP contribution in [0.25, 0.3) is 6.08 Å². The largest absolute Gasteiger partial charge is 0.488 e. The Bertz CT molecular complexity index is 972. The van der Waals surface area contributed by atoms with Gasteiger partial charge in [0.1, 0.15) is 12.4 Å². The third-order valence-corrected chi connectivity index (χ3v) is 3.80. The minimum atomic E-state index is -0.519. The molecule has 1 aromatic heterocycles. The summed E-state index contributed by atoms with van der Waals surface area (Å²) in [6.45, 7) is 0.437. The second-order valence-corrected chi connectivity index (χ2v) is 5.63. The molecular formula is C21H15NO4. The normalized spacial score (nSPS) is 15.0. The van der Waals surface area contributed by atoms with Crippen LogP contribution in [0.1, 0.15) is 16.9 Å². The molecule has 0 radical (unpaired) electrons. The summed E-state index contributed by atoms with van der Waals surface area (Å²) in [6.07, 6.45) is 3.15. The third-order valence-electron chi connectivity index (χ3n) is 3.80. The maximum atomic E-state index is 12.1. The van der Waals surface area contributed by atoms with E-state index in [1.165, 1.54) is 6.26 Å². The molecule has 128 valence electrons. The van der Waals surface area contributed by atoms with Gasteiger partial charge < -0.3 is 13.9 Å². The molecule has 2 aromatic carbocycles. The molecule has 0 amide bonds. The van der Waals surface area contributed by atoms with Crippen molar-refractivity contribution in [2.75, 3.05) is 0 Å². The first-order valence-electron chi connectivity index (χ1n) is 8.12. The molecule has 2 heterocycles. The zero-order valence-electron chi connectivity index (χ0n) is 13.8. The molecule has 3 aromatic rings. The van der Waals surface area contributed by atoms with Crippen LogP contribution in [0.3, 0.4) is 0 Å². The first-order chi connectivity index (χ1) is 12.8. The van der Waals surface area contributed by atoms with E-state index in [9.17, 15) is 4.79 Å². The number of hydrogen-bond donors (Lipinski definition) is 0. The van der Waals surface area contributed by atoms with Gasteiger partial charge in [0.15, 0.2) is 11.5 Å². The van der Waals surface area contributed by atoms with E-state index in [4.69, 9.17) is 13.9 Å². The van der Waals surface area contributed by atoms with Crippen molar-refractivity contribution in [3.63, 3.8) is 0 Å². The Hall–Kier alpha value is -3.60. The van der Waals surface area contributed by atoms with E-state index in [0.717, 1.165) is 11.1 Å². The average Bonchev–Trinajstić information content (AvgIpc) is 3.32. The van der Waals surface area contributed by atoms with E-state index in [0.29, 0.717) is 18.1 Å². The number of esters is 1. The predicted octanol–water partition coefficient (Wildman–Crippen LogP) is 4.20. The maximum absolute atomic E-state index is 12.1. The molecule has 26 heavy (non-hydrogen) atoms. The lowest BCUT2D eigenvalue weighted by Gasteiger charge is -2.09. The summed E-state index contributed by atoms with van der Waals surface area (Å²) < 4.78 is 16.3. The van der Waals surface area contributed by atoms with Crippen molar-refractivity contribution in [1.82, 2.24) is 0 Å². The summed E-state index contributed by atoms with van der Waals surface area (Å²) in [7, 11) is 0. The first-order valence-corrected chi connectivity index (χ1v) is 8.12. The quantitative estimate of drug-likeness (QED) is 0.513. The SMILES string of the molecule is O=C1OC(c2ccco2)=NC1=Cc1ccccc1OCc1ccccc1. The van der Waals surface area contributed by atoms with Gasteiger partial charge in [0.05, 0.1) is 6.26 Å². The Balaban J connectivity index is 1.58. The van der Waals surface area contributed by atoms with E-state index in [-0.39, 0.29) is 11.6 Å². The molecule has 0 aliphatic carbocycles. The summed E-state index contributed by atoms with van der Waals surface area (Å²) in [4.78, 5) is 16.3. The van der Waals surface area contributed by atoms with Crippen LogP contribution in [0.5, 0.6) is 5.75 Å². The van der Waals surface area contributed by atoms with Gasteiger partial charge in [-0.3, -0.25) is 0 Å². The lowest BCUT2D eigenvalue weighted by Crippen LogP contribution is -2.04. The second kappa shape index (κ2) is 7.11. The summed E-state index contributed by atoms with van der Waals surface area (Å²) in [5, 5.41) is 0. The van der Waals surface area contributed by atoms with Gasteiger partial charge in [-0.05, 0) is 29.8 Å². The Morgan fingerprint density at radius 2 is 1.77 bits per heavy atom. The molecule has 0 spiro atoms. The second-order valence-electron chi connectivity index (χ2n) is 5.63. The van der Waals surface area contributed by atoms with E-state index < -0.39 is 5.97 Å². The predicted molar refractivity (Wildman–Crippen MR) is 96.5 cm³/mol. The standard InChI is InChI=1S/C21H15NO4/c23-21-17(22-20(26-21)19-11-6-12-24-19)13-16-9-4-5-10-18(16)25-14-15-7-2-1-3-8-15/h1-13H,14H2. The van der Waals surface area contributed by atoms with Crippen LogP contribution in [-0.2, 0) is 16.1 Å². The summed E-state index contributed by atoms with van der Waals surface area (Å²) in [5.41, 5.74) is 2.01. The van der Waals surface area contributed by atoms with Crippen molar-refractivity contribution in [3.05, 3.63) is 95.6 Å². The number of aliphatic imine (C=N–C) groups is 1. The van der Waals surface area contributed by atoms with Crippen LogP contribution >= 0.6 is 0 Å². The van der Waals surface area contributed by atoms with Crippen molar-refractivity contribution >= 4 is 17.9 Å². The molecule has 0 atom stereocenters. The fraction of sp³-hybridized carbons (Fsp3) is 0.0476. The van der Waals surface area contributed by atoms with Crippen molar-refractivity contribution in [2.45, 2.75) is 6.61 Å². The molecule has 0 N–H and O–H groups in total. The summed E-state index contributed by atoms with van der Waals surface area (Å²) in [6, 6.07) is 20.7. The Labute approximate surface area is 150 Å². The highest BCUT2D eigenvalue weighted by Gasteiger charge is 2.26. The lowest BCUT2D eigenvalue weighted by atomic mass is 10.1. The Morgan fingerprint density at radius 1 is 0.962 bits per heavy atom. The van der Waals surface area contributed by atoms with Crippen LogP contribution in [0.4, 0.5) is 0 Å². The lowest BCUT2D eigenvalue weighted by molar-refractivity contribution is -0.130. The first kappa shape index (κ1) is 15.9. The van der Waals surface area contributed by atoms with Gasteiger partial charge in [-0.25, -0.2) is 9.79 Å². The third kappa shape index (κ3) is 3.42. The van der Waals surface area contributed by atoms with E-state index in [2.05, 4.69) is 4.99 Å². The van der Waals surface area contributed by atoms with Crippen molar-refractivity contribution in [1.29, 1.82) is 0 Å². The minimum absolute atomic E-state index is 0.161. The van der Waals surface area contributed by atoms with Gasteiger partial charge in [0.2, 0.25) is 0 Å². The number of furan rings is 1. The maximum Gasteiger partial charge on any atom is 0.363 e. The molecule has 4 rings (SSSR count). The van der Waals surface area contributed by atoms with Crippen LogP contribution in [0.15, 0.2) is 88.1 Å². The molecule has 1 aliphatic rings. The van der Waals surface area contributed by atoms with Crippen molar-refractivity contribution < 1.29 is 18.7 Å². The van der Waals surface area contributed by atoms with Crippen LogP contribution in [0.2, 0.25) is 0 Å². The highest BCUT2D eigenvalue weighted by atomic mass is 16.6. The van der Waals surface area contributed by atoms with Gasteiger partial charge in [-0.1, -0.05) is 48.5 Å². The summed E-state index contributed by atoms with van der Waals surface area (Å²) >= 11 is 0. The number of para-hydroxylation sites is 1. The van der Waals surface area contributed by atoms with E-state index >= 15 is 0 Å². The van der Waals surface area contributed by atoms with E-state index in [1.54, 1.807) is 18.2 Å². The van der Waals surface area contributed by atoms with Crippen LogP contribution in [0, 0.1) is 0 Å². The highest BCUT2D eigenvalue weighted by Crippen LogP contribution is 2.25. The van der Waals surface area contributed by atoms with Gasteiger partial charge in [-0.2, -0.15) is 0 Å². The highest BCUT2D eigenvalue weighted by molar-refractivity contribution is 6.11. The molecule has 0 saturated heterocycles. The number of rotatable bonds is 5. The molecule has 0 unspecified atom stereocenters. The molecule has 0 saturated carbocycles. The smallest absolute Gasteiger partial charge is 0.363 e. The number of benzene rings is 2. The van der Waals surface area contributed by atoms with Gasteiger partial charge in [0.25, 0.3) is 5.90 Å². The molecular weight excluding hydrogens is 330 g/mol. The summed E-state index contributed by atoms with van der Waals surface area (Å²) in [5.74, 6) is 0.719. The molecule has 0 bridgehead atoms. The number of nitrogens with zero attached hydrogens (tertiary/aromatic N) is 1. The fourth-order valence-electron chi connectivity index (χ4n) is 2.53. The van der Waals surface area contributed by atoms with Gasteiger partial charge in [0, 0.05) is 5.56 Å². The topological polar surface area (TPSA) is 61.0 Å². The van der Waals surface area contributed by atoms with Gasteiger partial charge >= 0.3 is 5.97 Å². The number of carbonyl (C=O) groups is 1. The zero-order chi connectivity index (χ0) is 17.8. The molecule has 5 nitrogen and oxygen atoms in total. The van der Waals surface area contributed by atoms with Gasteiger partial charge in [-0.15, -0.1) is 0 Å². The number of ether oxygens (including phenoxy) is 2. The average molecular weight is 345 g/mol. The number of cyclic esters (lactones) is 1. The van der Waals surface area contributed by atoms with Crippen LogP contribution < -0.4 is 4.74 Å². The Morgan fingerprint density at radius 3 is 2.58 bits per heavy atom. The Kier molecular flexibility index (Phi) is 4.35. The van der Waals surface area contributed by atoms with Crippen LogP contribution in [-0.4, -0.2) is 11.9 Å². The molecule has 0 fully saturated rings. The van der Waals surface area contributed by atoms with E-state index in [1.807, 2.05) is 54.6 Å². The van der Waals surface area contributed by atoms with Crippen molar-refractivity contribution in [2.24, 2.45) is 4.99 Å². The van der Waals surface area contributed by atoms with Crippen molar-refractivity contribution in [3.8, 4) is 5.75 Å². The minimum Gasteiger partial charge on any atom is -0.488 e. The molecule has 1 aliphatic heterocycles. The number of carbonyl (C=O) groups excluding carboxylic acids is 1. The monoisotopic (exact) mass is 345 g/mol. The zero-order valence-corrected chi connectivity index (χ0v) is 13.8. The molecule has 5 heteroatoms.